The third kappa shape index (κ3) is 4.88. The quantitative estimate of drug-likeness (QED) is 0.378. The zero-order valence-corrected chi connectivity index (χ0v) is 19.2. The van der Waals surface area contributed by atoms with Crippen LogP contribution in [0, 0.1) is 12.7 Å². The van der Waals surface area contributed by atoms with Crippen LogP contribution in [-0.2, 0) is 16.1 Å². The summed E-state index contributed by atoms with van der Waals surface area (Å²) in [5, 5.41) is 5.29. The van der Waals surface area contributed by atoms with Crippen LogP contribution in [0.25, 0.3) is 15.9 Å². The third-order valence-electron chi connectivity index (χ3n) is 5.15. The number of carbonyl (C=O) groups excluding carboxylic acids is 2. The molecule has 4 aromatic rings. The average molecular weight is 468 g/mol. The van der Waals surface area contributed by atoms with Crippen LogP contribution in [0.1, 0.15) is 20.9 Å². The molecule has 9 heteroatoms. The number of amides is 1. The van der Waals surface area contributed by atoms with E-state index in [2.05, 4.69) is 5.10 Å². The molecular formula is C24H22FN3O4S. The summed E-state index contributed by atoms with van der Waals surface area (Å²) in [5.74, 6) is -0.486. The van der Waals surface area contributed by atoms with E-state index in [0.29, 0.717) is 17.1 Å². The van der Waals surface area contributed by atoms with Gasteiger partial charge in [-0.15, -0.1) is 11.3 Å². The molecule has 0 saturated carbocycles. The van der Waals surface area contributed by atoms with Crippen molar-refractivity contribution < 1.29 is 23.5 Å². The molecule has 0 unspecified atom stereocenters. The zero-order chi connectivity index (χ0) is 23.5. The first kappa shape index (κ1) is 22.5. The first-order chi connectivity index (χ1) is 15.9. The number of hydrogen-bond donors (Lipinski definition) is 0. The highest BCUT2D eigenvalue weighted by Gasteiger charge is 2.20. The van der Waals surface area contributed by atoms with Gasteiger partial charge in [-0.25, -0.2) is 13.9 Å². The fourth-order valence-electron chi connectivity index (χ4n) is 3.31. The Morgan fingerprint density at radius 2 is 1.82 bits per heavy atom. The van der Waals surface area contributed by atoms with Gasteiger partial charge in [0.1, 0.15) is 21.3 Å². The number of hydrogen-bond acceptors (Lipinski definition) is 6. The number of aromatic nitrogens is 2. The van der Waals surface area contributed by atoms with E-state index >= 15 is 0 Å². The number of aryl methyl sites for hydroxylation is 1. The largest absolute Gasteiger partial charge is 0.497 e. The van der Waals surface area contributed by atoms with Crippen LogP contribution in [0.4, 0.5) is 4.39 Å². The maximum atomic E-state index is 13.3. The van der Waals surface area contributed by atoms with Gasteiger partial charge in [-0.1, -0.05) is 12.1 Å². The number of carbonyl (C=O) groups is 2. The van der Waals surface area contributed by atoms with Crippen molar-refractivity contribution in [2.45, 2.75) is 13.5 Å². The van der Waals surface area contributed by atoms with E-state index in [1.54, 1.807) is 37.0 Å². The molecule has 0 N–H and O–H groups in total. The van der Waals surface area contributed by atoms with E-state index in [4.69, 9.17) is 9.47 Å². The number of nitrogens with zero attached hydrogens (tertiary/aromatic N) is 3. The average Bonchev–Trinajstić information content (AvgIpc) is 3.39. The van der Waals surface area contributed by atoms with Crippen molar-refractivity contribution in [2.75, 3.05) is 20.8 Å². The number of rotatable bonds is 7. The lowest BCUT2D eigenvalue weighted by atomic mass is 10.2. The van der Waals surface area contributed by atoms with Gasteiger partial charge in [0.25, 0.3) is 5.91 Å². The first-order valence-corrected chi connectivity index (χ1v) is 11.0. The number of ether oxygens (including phenoxy) is 2. The van der Waals surface area contributed by atoms with Crippen LogP contribution in [0.3, 0.4) is 0 Å². The van der Waals surface area contributed by atoms with Crippen LogP contribution in [-0.4, -0.2) is 47.3 Å². The molecule has 0 atom stereocenters. The number of benzene rings is 2. The highest BCUT2D eigenvalue weighted by atomic mass is 32.1. The molecule has 0 spiro atoms. The van der Waals surface area contributed by atoms with Crippen molar-refractivity contribution in [2.24, 2.45) is 0 Å². The number of methoxy groups -OCH3 is 1. The molecule has 0 aliphatic rings. The predicted octanol–water partition coefficient (Wildman–Crippen LogP) is 4.36. The van der Waals surface area contributed by atoms with Gasteiger partial charge in [0, 0.05) is 19.0 Å². The number of halogens is 1. The van der Waals surface area contributed by atoms with E-state index in [-0.39, 0.29) is 18.3 Å². The summed E-state index contributed by atoms with van der Waals surface area (Å²) < 4.78 is 25.3. The molecular weight excluding hydrogens is 445 g/mol. The van der Waals surface area contributed by atoms with Gasteiger partial charge in [-0.05, 0) is 55.0 Å². The molecule has 33 heavy (non-hydrogen) atoms. The van der Waals surface area contributed by atoms with E-state index in [0.717, 1.165) is 27.2 Å². The maximum absolute atomic E-state index is 13.3. The minimum absolute atomic E-state index is 0.311. The second-order valence-electron chi connectivity index (χ2n) is 7.48. The Balaban J connectivity index is 1.41. The Morgan fingerprint density at radius 1 is 1.12 bits per heavy atom. The van der Waals surface area contributed by atoms with Crippen LogP contribution in [0.2, 0.25) is 0 Å². The fourth-order valence-corrected chi connectivity index (χ4v) is 4.38. The number of likely N-dealkylation sites (N-methyl/N-ethyl adjacent to an activating group) is 1. The molecule has 2 aromatic carbocycles. The summed E-state index contributed by atoms with van der Waals surface area (Å²) >= 11 is 1.21. The van der Waals surface area contributed by atoms with Crippen molar-refractivity contribution >= 4 is 33.4 Å². The molecule has 2 heterocycles. The summed E-state index contributed by atoms with van der Waals surface area (Å²) in [6, 6.07) is 15.1. The SMILES string of the molecule is COc1ccc(CN(C)C(=O)COC(=O)c2cc3c(C)nn(-c4ccc(F)cc4)c3s2)cc1. The molecule has 0 fully saturated rings. The Kier molecular flexibility index (Phi) is 6.41. The van der Waals surface area contributed by atoms with Crippen LogP contribution in [0.5, 0.6) is 5.75 Å². The summed E-state index contributed by atoms with van der Waals surface area (Å²) in [6.45, 7) is 1.86. The van der Waals surface area contributed by atoms with E-state index in [1.807, 2.05) is 31.2 Å². The van der Waals surface area contributed by atoms with Crippen LogP contribution < -0.4 is 4.74 Å². The van der Waals surface area contributed by atoms with E-state index < -0.39 is 5.97 Å². The van der Waals surface area contributed by atoms with Crippen LogP contribution >= 0.6 is 11.3 Å². The zero-order valence-electron chi connectivity index (χ0n) is 18.4. The third-order valence-corrected chi connectivity index (χ3v) is 6.24. The molecule has 1 amide bonds. The lowest BCUT2D eigenvalue weighted by Gasteiger charge is -2.17. The van der Waals surface area contributed by atoms with Gasteiger partial charge in [0.05, 0.1) is 18.5 Å². The second-order valence-corrected chi connectivity index (χ2v) is 8.51. The molecule has 0 bridgehead atoms. The predicted molar refractivity (Wildman–Crippen MR) is 123 cm³/mol. The Hall–Kier alpha value is -3.72. The number of thiophene rings is 1. The first-order valence-electron chi connectivity index (χ1n) is 10.1. The number of esters is 1. The van der Waals surface area contributed by atoms with E-state index in [9.17, 15) is 14.0 Å². The second kappa shape index (κ2) is 9.41. The standard InChI is InChI=1S/C24H22FN3O4S/c1-15-20-12-21(33-23(20)28(26-15)18-8-6-17(25)7-9-18)24(30)32-14-22(29)27(2)13-16-4-10-19(31-3)11-5-16/h4-12H,13-14H2,1-3H3. The maximum Gasteiger partial charge on any atom is 0.348 e. The van der Waals surface area contributed by atoms with Crippen molar-refractivity contribution in [1.82, 2.24) is 14.7 Å². The monoisotopic (exact) mass is 467 g/mol. The summed E-state index contributed by atoms with van der Waals surface area (Å²) in [7, 11) is 3.25. The highest BCUT2D eigenvalue weighted by molar-refractivity contribution is 7.20. The molecule has 0 aliphatic heterocycles. The number of fused-ring (bicyclic) bond motifs is 1. The molecule has 2 aromatic heterocycles. The summed E-state index contributed by atoms with van der Waals surface area (Å²) in [6.07, 6.45) is 0. The Bertz CT molecular complexity index is 1300. The lowest BCUT2D eigenvalue weighted by molar-refractivity contribution is -0.133. The topological polar surface area (TPSA) is 73.7 Å². The van der Waals surface area contributed by atoms with Gasteiger partial charge in [-0.3, -0.25) is 4.79 Å². The van der Waals surface area contributed by atoms with Gasteiger partial charge in [0.15, 0.2) is 6.61 Å². The van der Waals surface area contributed by atoms with Gasteiger partial charge in [0.2, 0.25) is 0 Å². The molecule has 0 aliphatic carbocycles. The molecule has 7 nitrogen and oxygen atoms in total. The van der Waals surface area contributed by atoms with Crippen molar-refractivity contribution in [3.8, 4) is 11.4 Å². The normalized spacial score (nSPS) is 10.9. The lowest BCUT2D eigenvalue weighted by Crippen LogP contribution is -2.30. The minimum Gasteiger partial charge on any atom is -0.497 e. The van der Waals surface area contributed by atoms with Gasteiger partial charge < -0.3 is 14.4 Å². The summed E-state index contributed by atoms with van der Waals surface area (Å²) in [5.41, 5.74) is 2.36. The smallest absolute Gasteiger partial charge is 0.348 e. The minimum atomic E-state index is -0.576. The van der Waals surface area contributed by atoms with Crippen LogP contribution in [0.15, 0.2) is 54.6 Å². The van der Waals surface area contributed by atoms with Crippen molar-refractivity contribution in [3.63, 3.8) is 0 Å². The fraction of sp³-hybridized carbons (Fsp3) is 0.208. The highest BCUT2D eigenvalue weighted by Crippen LogP contribution is 2.31. The molecule has 170 valence electrons. The Morgan fingerprint density at radius 3 is 2.48 bits per heavy atom. The molecule has 0 saturated heterocycles. The molecule has 4 rings (SSSR count). The van der Waals surface area contributed by atoms with E-state index in [1.165, 1.54) is 28.4 Å². The van der Waals surface area contributed by atoms with Gasteiger partial charge in [-0.2, -0.15) is 5.10 Å². The van der Waals surface area contributed by atoms with Gasteiger partial charge >= 0.3 is 5.97 Å². The van der Waals surface area contributed by atoms with Crippen molar-refractivity contribution in [1.29, 1.82) is 0 Å². The molecule has 0 radical (unpaired) electrons. The summed E-state index contributed by atoms with van der Waals surface area (Å²) in [4.78, 5) is 27.6. The Labute approximate surface area is 194 Å². The van der Waals surface area contributed by atoms with Crippen molar-refractivity contribution in [3.05, 3.63) is 76.5 Å².